The van der Waals surface area contributed by atoms with Crippen LogP contribution in [0.3, 0.4) is 0 Å². The molecule has 15 bridgehead atoms. The molecule has 10 aliphatic rings. The number of phenolic OH excluding ortho intramolecular Hbond substituents is 3. The quantitative estimate of drug-likeness (QED) is 0.0547. The Morgan fingerprint density at radius 3 is 1.92 bits per heavy atom. The largest absolute Gasteiger partial charge is 0.508 e. The first kappa shape index (κ1) is 82.5. The van der Waals surface area contributed by atoms with Crippen LogP contribution in [0.2, 0.25) is 5.02 Å². The molecular formula is C79H91ClN10O24S. The third kappa shape index (κ3) is 17.6. The molecule has 614 valence electrons. The fourth-order valence-corrected chi connectivity index (χ4v) is 17.8. The maximum absolute atomic E-state index is 16.4. The highest BCUT2D eigenvalue weighted by Gasteiger charge is 2.51. The van der Waals surface area contributed by atoms with Crippen LogP contribution in [0.4, 0.5) is 0 Å². The summed E-state index contributed by atoms with van der Waals surface area (Å²) < 4.78 is 61.4. The summed E-state index contributed by atoms with van der Waals surface area (Å²) in [4.78, 5) is 123. The number of hydrogen-bond donors (Lipinski definition) is 19. The summed E-state index contributed by atoms with van der Waals surface area (Å²) in [7, 11) is -1.72. The molecule has 4 saturated carbocycles. The van der Waals surface area contributed by atoms with E-state index in [9.17, 15) is 64.0 Å². The third-order valence-corrected chi connectivity index (χ3v) is 23.9. The highest BCUT2D eigenvalue weighted by Crippen LogP contribution is 2.55. The van der Waals surface area contributed by atoms with Gasteiger partial charge in [0.2, 0.25) is 59.3 Å². The number of fused-ring (bicyclic) bond motifs is 15. The van der Waals surface area contributed by atoms with Crippen LogP contribution in [0.15, 0.2) is 108 Å². The number of aliphatic hydroxyl groups is 6. The van der Waals surface area contributed by atoms with Gasteiger partial charge in [-0.15, -0.1) is 0 Å². The summed E-state index contributed by atoms with van der Waals surface area (Å²) in [5.41, 5.74) is -2.02. The van der Waals surface area contributed by atoms with E-state index in [1.165, 1.54) is 56.4 Å². The molecule has 0 spiro atoms. The van der Waals surface area contributed by atoms with Crippen molar-refractivity contribution < 1.29 is 116 Å². The summed E-state index contributed by atoms with van der Waals surface area (Å²) in [5, 5.41) is 129. The number of aliphatic hydroxyl groups excluding tert-OH is 6. The summed E-state index contributed by atoms with van der Waals surface area (Å²) in [6, 6.07) is 4.94. The number of benzene rings is 6. The Labute approximate surface area is 664 Å². The van der Waals surface area contributed by atoms with E-state index in [0.29, 0.717) is 18.4 Å². The molecule has 16 rings (SSSR count). The fourth-order valence-electron chi connectivity index (χ4n) is 16.6. The molecule has 0 aromatic heterocycles. The van der Waals surface area contributed by atoms with Crippen LogP contribution in [0.25, 0.3) is 11.1 Å². The highest BCUT2D eigenvalue weighted by molar-refractivity contribution is 7.90. The standard InChI is InChI=1S/C79H91ClN10O24S/c1-33(2)18-49(82-5)72(101)88-64-66(96)38-7-14-53(34(3)19-38)111-55-27-42-28-56(71(55)114-79-70(100)69(99)68(98)57(32-91)113-79)112-54-15-8-39(26-48(54)80)67(97)65-78(107)87-63(76(105)84-60-40-21-35-20-36(23-40)24-41(60)22-35)47-29-43(92)30-52(94)59(47)46-25-37(6-13-51(46)93)61(74(103)89-65)86-75(104)62(42)85-73(102)50(83-77(64)106)31-58(95)90-115(108,109)45-11-9-44(10-12-45)110-17-16-81-4/h6-15,19,25-30,33,35-36,40-41,49-50,57,60-70,79,81-82,91-94,96-100H,16-18,20-24,31-32H2,1-5H3,(H,83,106)(H,84,105)(H,85,102)(H,86,104)(H,87,107)(H,88,101)(H,89,103)(H,90,95)/t35?,36?,40?,41?,49-,50+,57-,60?,61-,62-,63+,64-,65+,66-,67-,68-,69+,70-,79+/m1/s1. The Morgan fingerprint density at radius 1 is 0.643 bits per heavy atom. The highest BCUT2D eigenvalue weighted by atomic mass is 35.5. The van der Waals surface area contributed by atoms with E-state index in [1.807, 2.05) is 18.6 Å². The predicted molar refractivity (Wildman–Crippen MR) is 406 cm³/mol. The average Bonchev–Trinajstić information content (AvgIpc) is 0.924. The van der Waals surface area contributed by atoms with Crippen molar-refractivity contribution in [3.63, 3.8) is 0 Å². The first-order chi connectivity index (χ1) is 54.8. The van der Waals surface area contributed by atoms with E-state index in [-0.39, 0.29) is 93.0 Å². The van der Waals surface area contributed by atoms with Crippen molar-refractivity contribution in [3.8, 4) is 62.9 Å². The summed E-state index contributed by atoms with van der Waals surface area (Å²) in [6.07, 6.45) is -10.9. The van der Waals surface area contributed by atoms with Crippen LogP contribution >= 0.6 is 11.6 Å². The molecule has 34 nitrogen and oxygen atoms in total. The van der Waals surface area contributed by atoms with Gasteiger partial charge in [0.1, 0.15) is 114 Å². The van der Waals surface area contributed by atoms with Crippen molar-refractivity contribution in [2.75, 3.05) is 33.9 Å². The number of carbonyl (C=O) groups excluding carboxylic acids is 8. The zero-order valence-corrected chi connectivity index (χ0v) is 64.4. The van der Waals surface area contributed by atoms with Gasteiger partial charge in [-0.3, -0.25) is 38.4 Å². The van der Waals surface area contributed by atoms with Gasteiger partial charge in [0.15, 0.2) is 11.5 Å². The van der Waals surface area contributed by atoms with Crippen LogP contribution in [-0.4, -0.2) is 196 Å². The molecule has 5 fully saturated rings. The van der Waals surface area contributed by atoms with E-state index >= 15 is 28.8 Å². The Bertz CT molecular complexity index is 4860. The number of sulfonamides is 1. The first-order valence-corrected chi connectivity index (χ1v) is 39.5. The SMILES string of the molecule is CNCCOc1ccc(S(=O)(=O)NC(=O)C[C@@H]2NC(=O)[C@H](NC(=O)[C@@H](CC(C)C)NC)[C@H](O)c3ccc(c(C)c3)Oc3cc4cc(c3O[C@@H]3O[C@H](CO)[C@@H](O)[C@H](O)[C@H]3O)Oc3ccc(cc3Cl)[C@@H](O)[C@@H]3NC(=O)[C@H](NC(=O)[C@@H]4NC2=O)c2ccc(O)c(c2)-c2c(O)cc(O)cc2[C@@H](C(=O)NC2C4CC5CC(C4)CC2C5)NC3=O)cc1. The molecule has 36 heteroatoms. The average molecular weight is 1630 g/mol. The Kier molecular flexibility index (Phi) is 24.5. The maximum Gasteiger partial charge on any atom is 0.264 e. The smallest absolute Gasteiger partial charge is 0.264 e. The van der Waals surface area contributed by atoms with Crippen LogP contribution < -0.4 is 71.5 Å². The molecule has 6 aromatic rings. The number of ether oxygens (including phenoxy) is 5. The number of phenols is 3. The van der Waals surface area contributed by atoms with Gasteiger partial charge in [-0.25, -0.2) is 13.1 Å². The minimum absolute atomic E-state index is 0.0616. The molecule has 14 atom stereocenters. The van der Waals surface area contributed by atoms with E-state index < -0.39 is 205 Å². The Morgan fingerprint density at radius 2 is 1.28 bits per heavy atom. The third-order valence-electron chi connectivity index (χ3n) is 22.2. The van der Waals surface area contributed by atoms with Gasteiger partial charge in [-0.05, 0) is 201 Å². The number of rotatable bonds is 18. The van der Waals surface area contributed by atoms with Crippen LogP contribution in [0, 0.1) is 36.5 Å². The molecule has 6 aliphatic heterocycles. The molecule has 115 heavy (non-hydrogen) atoms. The minimum atomic E-state index is -4.88. The number of aromatic hydroxyl groups is 3. The van der Waals surface area contributed by atoms with Crippen molar-refractivity contribution in [3.05, 3.63) is 142 Å². The lowest BCUT2D eigenvalue weighted by Crippen LogP contribution is -2.60. The second-order valence-electron chi connectivity index (χ2n) is 30.6. The Hall–Kier alpha value is -10.4. The van der Waals surface area contributed by atoms with Gasteiger partial charge in [-0.2, -0.15) is 0 Å². The first-order valence-electron chi connectivity index (χ1n) is 37.7. The summed E-state index contributed by atoms with van der Waals surface area (Å²) in [5.74, 6) is -13.4. The molecule has 6 aromatic carbocycles. The number of carbonyl (C=O) groups is 8. The number of nitrogens with one attached hydrogen (secondary N) is 10. The topological polar surface area (TPSA) is 519 Å². The zero-order valence-electron chi connectivity index (χ0n) is 62.9. The normalized spacial score (nSPS) is 28.1. The van der Waals surface area contributed by atoms with Gasteiger partial charge >= 0.3 is 0 Å². The molecule has 19 N–H and O–H groups in total. The van der Waals surface area contributed by atoms with Crippen LogP contribution in [0.1, 0.15) is 123 Å². The number of aryl methyl sites for hydroxylation is 1. The predicted octanol–water partition coefficient (Wildman–Crippen LogP) is 2.00. The molecule has 1 saturated heterocycles. The van der Waals surface area contributed by atoms with Crippen LogP contribution in [-0.2, 0) is 53.1 Å². The number of halogens is 1. The monoisotopic (exact) mass is 1630 g/mol. The van der Waals surface area contributed by atoms with Crippen molar-refractivity contribution in [2.24, 2.45) is 29.6 Å². The molecule has 8 amide bonds. The van der Waals surface area contributed by atoms with Gasteiger partial charge in [-0.1, -0.05) is 43.6 Å². The van der Waals surface area contributed by atoms with E-state index in [1.54, 1.807) is 7.05 Å². The van der Waals surface area contributed by atoms with Crippen molar-refractivity contribution in [2.45, 2.75) is 162 Å². The number of likely N-dealkylation sites (N-methyl/N-ethyl adjacent to an activating group) is 2. The number of amides is 8. The fraction of sp³-hybridized carbons (Fsp3) is 0.443. The molecule has 0 radical (unpaired) electrons. The molecule has 0 unspecified atom stereocenters. The second-order valence-corrected chi connectivity index (χ2v) is 32.7. The lowest BCUT2D eigenvalue weighted by Gasteiger charge is -2.54. The molecule has 6 heterocycles. The number of hydrogen-bond acceptors (Lipinski definition) is 26. The second kappa shape index (κ2) is 34.2. The van der Waals surface area contributed by atoms with Gasteiger partial charge in [0.05, 0.1) is 29.0 Å². The van der Waals surface area contributed by atoms with E-state index in [0.717, 1.165) is 92.8 Å². The van der Waals surface area contributed by atoms with Crippen LogP contribution in [0.5, 0.6) is 51.7 Å². The van der Waals surface area contributed by atoms with E-state index in [4.69, 9.17) is 35.3 Å². The zero-order chi connectivity index (χ0) is 82.3. The van der Waals surface area contributed by atoms with Gasteiger partial charge < -0.3 is 117 Å². The summed E-state index contributed by atoms with van der Waals surface area (Å²) >= 11 is 7.16. The van der Waals surface area contributed by atoms with Crippen molar-refractivity contribution in [1.82, 2.24) is 52.6 Å². The Balaban J connectivity index is 1.000. The van der Waals surface area contributed by atoms with Crippen molar-refractivity contribution >= 4 is 68.9 Å². The maximum atomic E-state index is 16.4. The molecule has 4 aliphatic carbocycles. The van der Waals surface area contributed by atoms with Crippen molar-refractivity contribution in [1.29, 1.82) is 0 Å². The van der Waals surface area contributed by atoms with Gasteiger partial charge in [0.25, 0.3) is 10.0 Å². The minimum Gasteiger partial charge on any atom is -0.508 e. The lowest BCUT2D eigenvalue weighted by molar-refractivity contribution is -0.277. The van der Waals surface area contributed by atoms with Gasteiger partial charge in [0, 0.05) is 29.8 Å². The lowest BCUT2D eigenvalue weighted by atomic mass is 9.54. The molecular weight excluding hydrogens is 1540 g/mol. The summed E-state index contributed by atoms with van der Waals surface area (Å²) in [6.45, 7) is 4.77. The van der Waals surface area contributed by atoms with E-state index in [2.05, 4.69) is 47.9 Å².